The molecule has 0 spiro atoms. The Kier molecular flexibility index (Phi) is 4.00. The Labute approximate surface area is 113 Å². The molecule has 0 fully saturated rings. The Morgan fingerprint density at radius 2 is 1.79 bits per heavy atom. The van der Waals surface area contributed by atoms with E-state index in [4.69, 9.17) is 0 Å². The fourth-order valence-electron chi connectivity index (χ4n) is 2.15. The zero-order chi connectivity index (χ0) is 13.9. The molecule has 0 saturated carbocycles. The molecule has 0 aliphatic rings. The summed E-state index contributed by atoms with van der Waals surface area (Å²) in [7, 11) is 1.68. The third-order valence-electron chi connectivity index (χ3n) is 3.24. The minimum atomic E-state index is -1.92. The molecule has 2 N–H and O–H groups in total. The zero-order valence-electron chi connectivity index (χ0n) is 11.2. The second kappa shape index (κ2) is 5.53. The maximum atomic E-state index is 9.91. The Hall–Kier alpha value is -1.68. The fourth-order valence-corrected chi connectivity index (χ4v) is 2.15. The molecular formula is C16H19NO2. The van der Waals surface area contributed by atoms with Gasteiger partial charge < -0.3 is 10.2 Å². The van der Waals surface area contributed by atoms with Crippen molar-refractivity contribution in [2.75, 3.05) is 7.05 Å². The molecule has 0 amide bonds. The molecule has 0 radical (unpaired) electrons. The maximum Gasteiger partial charge on any atom is 0.246 e. The molecule has 0 heterocycles. The predicted molar refractivity (Wildman–Crippen MR) is 77.4 cm³/mol. The second-order valence-electron chi connectivity index (χ2n) is 4.68. The minimum absolute atomic E-state index is 0.457. The molecule has 0 aliphatic heterocycles. The predicted octanol–water partition coefficient (Wildman–Crippen LogP) is 2.49. The molecule has 2 rings (SSSR count). The molecule has 3 heteroatoms. The monoisotopic (exact) mass is 257 g/mol. The lowest BCUT2D eigenvalue weighted by Gasteiger charge is -2.29. The number of aliphatic hydroxyl groups is 2. The van der Waals surface area contributed by atoms with Crippen molar-refractivity contribution in [2.24, 2.45) is 0 Å². The van der Waals surface area contributed by atoms with E-state index in [0.717, 1.165) is 16.3 Å². The number of allylic oxidation sites excluding steroid dienone is 1. The number of fused-ring (bicyclic) bond motifs is 1. The number of nitrogens with zero attached hydrogens (tertiary/aromatic N) is 1. The van der Waals surface area contributed by atoms with Crippen LogP contribution in [0.3, 0.4) is 0 Å². The lowest BCUT2D eigenvalue weighted by molar-refractivity contribution is -0.221. The summed E-state index contributed by atoms with van der Waals surface area (Å²) in [4.78, 5) is 1.49. The van der Waals surface area contributed by atoms with Crippen molar-refractivity contribution < 1.29 is 10.2 Å². The average molecular weight is 257 g/mol. The van der Waals surface area contributed by atoms with Gasteiger partial charge in [-0.15, -0.1) is 0 Å². The van der Waals surface area contributed by atoms with E-state index in [1.165, 1.54) is 11.0 Å². The lowest BCUT2D eigenvalue weighted by Crippen LogP contribution is -2.44. The smallest absolute Gasteiger partial charge is 0.246 e. The van der Waals surface area contributed by atoms with Crippen LogP contribution in [-0.4, -0.2) is 28.1 Å². The zero-order valence-corrected chi connectivity index (χ0v) is 11.2. The van der Waals surface area contributed by atoms with Gasteiger partial charge in [-0.2, -0.15) is 0 Å². The molecule has 0 aromatic heterocycles. The van der Waals surface area contributed by atoms with E-state index in [1.807, 2.05) is 30.3 Å². The van der Waals surface area contributed by atoms with E-state index in [-0.39, 0.29) is 0 Å². The molecular weight excluding hydrogens is 238 g/mol. The Bertz CT molecular complexity index is 585. The van der Waals surface area contributed by atoms with Crippen LogP contribution in [0, 0.1) is 0 Å². The van der Waals surface area contributed by atoms with Crippen LogP contribution < -0.4 is 0 Å². The van der Waals surface area contributed by atoms with E-state index in [0.29, 0.717) is 6.54 Å². The van der Waals surface area contributed by atoms with Crippen molar-refractivity contribution in [3.05, 3.63) is 60.2 Å². The molecule has 0 atom stereocenters. The van der Waals surface area contributed by atoms with E-state index in [9.17, 15) is 10.2 Å². The van der Waals surface area contributed by atoms with Crippen molar-refractivity contribution in [3.63, 3.8) is 0 Å². The summed E-state index contributed by atoms with van der Waals surface area (Å²) in [5.41, 5.74) is 1.07. The van der Waals surface area contributed by atoms with Crippen LogP contribution in [0.15, 0.2) is 54.6 Å². The quantitative estimate of drug-likeness (QED) is 0.653. The van der Waals surface area contributed by atoms with Gasteiger partial charge in [0.2, 0.25) is 5.91 Å². The summed E-state index contributed by atoms with van der Waals surface area (Å²) < 4.78 is 0. The van der Waals surface area contributed by atoms with Gasteiger partial charge in [0.25, 0.3) is 0 Å². The van der Waals surface area contributed by atoms with Crippen LogP contribution in [0.5, 0.6) is 0 Å². The number of hydrogen-bond acceptors (Lipinski definition) is 3. The normalized spacial score (nSPS) is 12.7. The van der Waals surface area contributed by atoms with E-state index in [2.05, 4.69) is 12.1 Å². The molecule has 0 unspecified atom stereocenters. The first-order chi connectivity index (χ1) is 9.04. The Morgan fingerprint density at radius 1 is 1.11 bits per heavy atom. The van der Waals surface area contributed by atoms with Crippen molar-refractivity contribution in [1.29, 1.82) is 0 Å². The molecule has 2 aromatic carbocycles. The maximum absolute atomic E-state index is 9.91. The Morgan fingerprint density at radius 3 is 2.53 bits per heavy atom. The van der Waals surface area contributed by atoms with Gasteiger partial charge in [-0.05, 0) is 36.4 Å². The summed E-state index contributed by atoms with van der Waals surface area (Å²) in [5.74, 6) is -1.92. The first-order valence-electron chi connectivity index (χ1n) is 6.31. The summed E-state index contributed by atoms with van der Waals surface area (Å²) in [5, 5.41) is 22.1. The third-order valence-corrected chi connectivity index (χ3v) is 3.24. The van der Waals surface area contributed by atoms with Gasteiger partial charge >= 0.3 is 0 Å². The molecule has 0 aliphatic carbocycles. The number of hydrogen-bond donors (Lipinski definition) is 2. The van der Waals surface area contributed by atoms with Crippen LogP contribution in [0.1, 0.15) is 12.5 Å². The topological polar surface area (TPSA) is 43.7 Å². The van der Waals surface area contributed by atoms with Crippen molar-refractivity contribution >= 4 is 10.8 Å². The van der Waals surface area contributed by atoms with Crippen LogP contribution >= 0.6 is 0 Å². The number of likely N-dealkylation sites (N-methyl/N-ethyl adjacent to an activating group) is 1. The highest BCUT2D eigenvalue weighted by Gasteiger charge is 2.25. The van der Waals surface area contributed by atoms with Gasteiger partial charge in [-0.25, -0.2) is 4.90 Å². The molecule has 0 bridgehead atoms. The van der Waals surface area contributed by atoms with Gasteiger partial charge in [0.15, 0.2) is 0 Å². The van der Waals surface area contributed by atoms with Crippen LogP contribution in [-0.2, 0) is 6.54 Å². The molecule has 0 saturated heterocycles. The van der Waals surface area contributed by atoms with Crippen LogP contribution in [0.2, 0.25) is 0 Å². The van der Waals surface area contributed by atoms with E-state index < -0.39 is 5.91 Å². The highest BCUT2D eigenvalue weighted by Crippen LogP contribution is 2.21. The van der Waals surface area contributed by atoms with Crippen LogP contribution in [0.25, 0.3) is 10.8 Å². The van der Waals surface area contributed by atoms with Gasteiger partial charge in [0, 0.05) is 6.54 Å². The lowest BCUT2D eigenvalue weighted by atomic mass is 10.0. The number of rotatable bonds is 4. The average Bonchev–Trinajstić information content (AvgIpc) is 2.39. The van der Waals surface area contributed by atoms with Crippen molar-refractivity contribution in [2.45, 2.75) is 19.4 Å². The van der Waals surface area contributed by atoms with Crippen LogP contribution in [0.4, 0.5) is 0 Å². The highest BCUT2D eigenvalue weighted by molar-refractivity contribution is 5.85. The molecule has 19 heavy (non-hydrogen) atoms. The van der Waals surface area contributed by atoms with Crippen molar-refractivity contribution in [3.8, 4) is 0 Å². The van der Waals surface area contributed by atoms with E-state index in [1.54, 1.807) is 20.0 Å². The molecule has 2 aromatic rings. The first-order valence-corrected chi connectivity index (χ1v) is 6.31. The van der Waals surface area contributed by atoms with Gasteiger partial charge in [-0.3, -0.25) is 0 Å². The third kappa shape index (κ3) is 3.01. The fraction of sp³-hybridized carbons (Fsp3) is 0.250. The van der Waals surface area contributed by atoms with Gasteiger partial charge in [0.1, 0.15) is 0 Å². The first kappa shape index (κ1) is 13.7. The summed E-state index contributed by atoms with van der Waals surface area (Å²) in [6, 6.07) is 14.1. The highest BCUT2D eigenvalue weighted by atomic mass is 16.5. The Balaban J connectivity index is 2.31. The standard InChI is InChI=1S/C16H19NO2/c1-3-11-16(18,19)17(2)12-14-9-6-8-13-7-4-5-10-15(13)14/h3-11,18-19H,12H2,1-2H3/b11-3+. The van der Waals surface area contributed by atoms with Crippen molar-refractivity contribution in [1.82, 2.24) is 4.90 Å². The largest absolute Gasteiger partial charge is 0.350 e. The second-order valence-corrected chi connectivity index (χ2v) is 4.68. The molecule has 3 nitrogen and oxygen atoms in total. The van der Waals surface area contributed by atoms with Gasteiger partial charge in [-0.1, -0.05) is 48.5 Å². The SMILES string of the molecule is C/C=C/C(O)(O)N(C)Cc1cccc2ccccc12. The molecule has 100 valence electrons. The minimum Gasteiger partial charge on any atom is -0.350 e. The summed E-state index contributed by atoms with van der Waals surface area (Å²) in [6.07, 6.45) is 2.98. The number of benzene rings is 2. The van der Waals surface area contributed by atoms with E-state index >= 15 is 0 Å². The summed E-state index contributed by atoms with van der Waals surface area (Å²) >= 11 is 0. The van der Waals surface area contributed by atoms with Gasteiger partial charge in [0.05, 0.1) is 0 Å². The summed E-state index contributed by atoms with van der Waals surface area (Å²) in [6.45, 7) is 2.21.